The van der Waals surface area contributed by atoms with Gasteiger partial charge in [-0.25, -0.2) is 0 Å². The monoisotopic (exact) mass is 303 g/mol. The third-order valence-corrected chi connectivity index (χ3v) is 4.10. The molecule has 1 saturated heterocycles. The Morgan fingerprint density at radius 3 is 2.55 bits per heavy atom. The lowest BCUT2D eigenvalue weighted by atomic mass is 9.82. The highest BCUT2D eigenvalue weighted by Crippen LogP contribution is 2.40. The van der Waals surface area contributed by atoms with Gasteiger partial charge in [0, 0.05) is 0 Å². The van der Waals surface area contributed by atoms with Crippen LogP contribution in [0.2, 0.25) is 0 Å². The fourth-order valence-electron chi connectivity index (χ4n) is 3.05. The first-order valence-corrected chi connectivity index (χ1v) is 7.03. The van der Waals surface area contributed by atoms with Crippen LogP contribution in [0, 0.1) is 18.8 Å². The summed E-state index contributed by atoms with van der Waals surface area (Å²) in [6.45, 7) is 1.90. The van der Waals surface area contributed by atoms with Gasteiger partial charge in [-0.2, -0.15) is 0 Å². The Morgan fingerprint density at radius 1 is 1.23 bits per heavy atom. The molecule has 0 aromatic heterocycles. The van der Waals surface area contributed by atoms with Crippen molar-refractivity contribution >= 4 is 17.6 Å². The lowest BCUT2D eigenvalue weighted by molar-refractivity contribution is -0.145. The van der Waals surface area contributed by atoms with Crippen molar-refractivity contribution in [2.45, 2.75) is 19.1 Å². The highest BCUT2D eigenvalue weighted by Gasteiger charge is 2.53. The summed E-state index contributed by atoms with van der Waals surface area (Å²) < 4.78 is 10.7. The number of anilines is 1. The van der Waals surface area contributed by atoms with Gasteiger partial charge in [0.15, 0.2) is 0 Å². The van der Waals surface area contributed by atoms with Crippen LogP contribution >= 0.6 is 0 Å². The summed E-state index contributed by atoms with van der Waals surface area (Å²) in [5.74, 6) is -2.45. The molecule has 3 rings (SSSR count). The molecule has 6 nitrogen and oxygen atoms in total. The number of rotatable bonds is 4. The summed E-state index contributed by atoms with van der Waals surface area (Å²) in [7, 11) is 1.52. The van der Waals surface area contributed by atoms with Crippen molar-refractivity contribution in [3.8, 4) is 5.75 Å². The van der Waals surface area contributed by atoms with Crippen molar-refractivity contribution in [2.75, 3.05) is 12.4 Å². The fourth-order valence-corrected chi connectivity index (χ4v) is 3.05. The molecule has 2 bridgehead atoms. The smallest absolute Gasteiger partial charge is 0.310 e. The molecule has 22 heavy (non-hydrogen) atoms. The number of aliphatic carboxylic acids is 1. The summed E-state index contributed by atoms with van der Waals surface area (Å²) in [6.07, 6.45) is 2.45. The van der Waals surface area contributed by atoms with Crippen LogP contribution in [0.1, 0.15) is 5.56 Å². The molecule has 4 atom stereocenters. The minimum absolute atomic E-state index is 0.367. The van der Waals surface area contributed by atoms with Gasteiger partial charge in [-0.15, -0.1) is 0 Å². The Labute approximate surface area is 127 Å². The predicted molar refractivity (Wildman–Crippen MR) is 78.8 cm³/mol. The van der Waals surface area contributed by atoms with Gasteiger partial charge in [-0.1, -0.05) is 18.2 Å². The molecular weight excluding hydrogens is 286 g/mol. The molecule has 1 aromatic rings. The molecule has 1 aromatic carbocycles. The molecule has 0 saturated carbocycles. The molecule has 6 heteroatoms. The summed E-state index contributed by atoms with van der Waals surface area (Å²) >= 11 is 0. The third-order valence-electron chi connectivity index (χ3n) is 4.10. The number of carbonyl (C=O) groups is 2. The number of ether oxygens (including phenoxy) is 2. The van der Waals surface area contributed by atoms with Gasteiger partial charge >= 0.3 is 5.97 Å². The number of methoxy groups -OCH3 is 1. The summed E-state index contributed by atoms with van der Waals surface area (Å²) in [5, 5.41) is 12.1. The Kier molecular flexibility index (Phi) is 3.62. The molecule has 116 valence electrons. The van der Waals surface area contributed by atoms with Crippen LogP contribution in [-0.4, -0.2) is 36.3 Å². The first-order chi connectivity index (χ1) is 10.5. The number of benzene rings is 1. The summed E-state index contributed by atoms with van der Waals surface area (Å²) in [6, 6.07) is 5.42. The van der Waals surface area contributed by atoms with E-state index in [-0.39, 0.29) is 5.91 Å². The molecule has 0 aliphatic carbocycles. The van der Waals surface area contributed by atoms with Crippen LogP contribution in [-0.2, 0) is 14.3 Å². The van der Waals surface area contributed by atoms with E-state index in [1.807, 2.05) is 13.0 Å². The quantitative estimate of drug-likeness (QED) is 0.825. The van der Waals surface area contributed by atoms with E-state index in [2.05, 4.69) is 5.32 Å². The molecule has 2 N–H and O–H groups in total. The fraction of sp³-hybridized carbons (Fsp3) is 0.375. The van der Waals surface area contributed by atoms with E-state index in [4.69, 9.17) is 9.47 Å². The van der Waals surface area contributed by atoms with E-state index in [1.54, 1.807) is 24.3 Å². The van der Waals surface area contributed by atoms with Gasteiger partial charge in [0.1, 0.15) is 11.7 Å². The Morgan fingerprint density at radius 2 is 1.91 bits per heavy atom. The summed E-state index contributed by atoms with van der Waals surface area (Å²) in [5.41, 5.74) is 1.50. The van der Waals surface area contributed by atoms with Crippen molar-refractivity contribution in [3.05, 3.63) is 35.9 Å². The maximum Gasteiger partial charge on any atom is 0.310 e. The molecule has 0 unspecified atom stereocenters. The minimum atomic E-state index is -1.02. The number of nitrogens with one attached hydrogen (secondary N) is 1. The molecule has 1 amide bonds. The number of aryl methyl sites for hydroxylation is 1. The number of carboxylic acids is 1. The SMILES string of the molecule is COc1ccc(C)cc1NC(=O)[C@H]1[C@@H](C(=O)O)[C@H]2C=C[C@@H]1O2. The maximum atomic E-state index is 12.6. The highest BCUT2D eigenvalue weighted by molar-refractivity contribution is 5.97. The lowest BCUT2D eigenvalue weighted by Crippen LogP contribution is -2.39. The van der Waals surface area contributed by atoms with Gasteiger partial charge in [0.2, 0.25) is 5.91 Å². The number of hydrogen-bond donors (Lipinski definition) is 2. The van der Waals surface area contributed by atoms with E-state index in [1.165, 1.54) is 7.11 Å². The normalized spacial score (nSPS) is 28.6. The van der Waals surface area contributed by atoms with Crippen LogP contribution in [0.4, 0.5) is 5.69 Å². The number of carboxylic acid groups (broad SMARTS) is 1. The minimum Gasteiger partial charge on any atom is -0.495 e. The first-order valence-electron chi connectivity index (χ1n) is 7.03. The second-order valence-electron chi connectivity index (χ2n) is 5.53. The topological polar surface area (TPSA) is 84.9 Å². The number of amides is 1. The standard InChI is InChI=1S/C16H17NO5/c1-8-3-4-10(21-2)9(7-8)17-15(18)13-11-5-6-12(22-11)14(13)16(19)20/h3-7,11-14H,1-2H3,(H,17,18)(H,19,20)/t11-,12+,13+,14-/m0/s1. The zero-order valence-electron chi connectivity index (χ0n) is 12.3. The zero-order valence-corrected chi connectivity index (χ0v) is 12.3. The average Bonchev–Trinajstić information content (AvgIpc) is 3.08. The van der Waals surface area contributed by atoms with E-state index < -0.39 is 30.0 Å². The van der Waals surface area contributed by atoms with E-state index in [9.17, 15) is 14.7 Å². The average molecular weight is 303 g/mol. The van der Waals surface area contributed by atoms with E-state index in [0.717, 1.165) is 5.56 Å². The highest BCUT2D eigenvalue weighted by atomic mass is 16.5. The second kappa shape index (κ2) is 5.46. The molecular formula is C16H17NO5. The second-order valence-corrected chi connectivity index (χ2v) is 5.53. The van der Waals surface area contributed by atoms with Crippen LogP contribution in [0.5, 0.6) is 5.75 Å². The van der Waals surface area contributed by atoms with Gasteiger partial charge in [-0.05, 0) is 24.6 Å². The molecule has 1 fully saturated rings. The van der Waals surface area contributed by atoms with Gasteiger partial charge in [0.25, 0.3) is 0 Å². The van der Waals surface area contributed by atoms with E-state index in [0.29, 0.717) is 11.4 Å². The third kappa shape index (κ3) is 2.35. The van der Waals surface area contributed by atoms with Crippen LogP contribution < -0.4 is 10.1 Å². The van der Waals surface area contributed by atoms with Crippen molar-refractivity contribution in [1.29, 1.82) is 0 Å². The molecule has 2 aliphatic heterocycles. The van der Waals surface area contributed by atoms with E-state index >= 15 is 0 Å². The molecule has 2 aliphatic rings. The van der Waals surface area contributed by atoms with Gasteiger partial charge in [-0.3, -0.25) is 9.59 Å². The largest absolute Gasteiger partial charge is 0.495 e. The lowest BCUT2D eigenvalue weighted by Gasteiger charge is -2.21. The Bertz CT molecular complexity index is 654. The Hall–Kier alpha value is -2.34. The molecule has 0 radical (unpaired) electrons. The Balaban J connectivity index is 1.84. The van der Waals surface area contributed by atoms with Crippen molar-refractivity contribution < 1.29 is 24.2 Å². The first kappa shape index (κ1) is 14.6. The van der Waals surface area contributed by atoms with Gasteiger partial charge in [0.05, 0.1) is 30.9 Å². The van der Waals surface area contributed by atoms with Crippen LogP contribution in [0.3, 0.4) is 0 Å². The maximum absolute atomic E-state index is 12.6. The van der Waals surface area contributed by atoms with Crippen molar-refractivity contribution in [3.63, 3.8) is 0 Å². The number of carbonyl (C=O) groups excluding carboxylic acids is 1. The number of fused-ring (bicyclic) bond motifs is 2. The molecule has 2 heterocycles. The number of hydrogen-bond acceptors (Lipinski definition) is 4. The molecule has 0 spiro atoms. The van der Waals surface area contributed by atoms with Crippen molar-refractivity contribution in [2.24, 2.45) is 11.8 Å². The van der Waals surface area contributed by atoms with Crippen LogP contribution in [0.25, 0.3) is 0 Å². The van der Waals surface area contributed by atoms with Crippen molar-refractivity contribution in [1.82, 2.24) is 0 Å². The van der Waals surface area contributed by atoms with Gasteiger partial charge < -0.3 is 19.9 Å². The summed E-state index contributed by atoms with van der Waals surface area (Å²) in [4.78, 5) is 24.0. The zero-order chi connectivity index (χ0) is 15.9. The predicted octanol–water partition coefficient (Wildman–Crippen LogP) is 1.60. The van der Waals surface area contributed by atoms with Crippen LogP contribution in [0.15, 0.2) is 30.4 Å².